The van der Waals surface area contributed by atoms with E-state index in [1.165, 1.54) is 36.8 Å². The first-order chi connectivity index (χ1) is 8.68. The lowest BCUT2D eigenvalue weighted by molar-refractivity contribution is 0.264. The molecular formula is C15H21N3. The topological polar surface area (TPSA) is 43.8 Å². The van der Waals surface area contributed by atoms with Gasteiger partial charge in [-0.25, -0.2) is 4.98 Å². The van der Waals surface area contributed by atoms with Gasteiger partial charge in [0.1, 0.15) is 0 Å². The molecule has 0 spiro atoms. The summed E-state index contributed by atoms with van der Waals surface area (Å²) in [7, 11) is 0. The number of benzene rings is 1. The molecule has 3 heteroatoms. The van der Waals surface area contributed by atoms with Crippen LogP contribution in [0.4, 0.5) is 5.95 Å². The Balaban J connectivity index is 2.18. The van der Waals surface area contributed by atoms with Crippen molar-refractivity contribution in [3.8, 4) is 0 Å². The number of hydrogen-bond acceptors (Lipinski definition) is 2. The summed E-state index contributed by atoms with van der Waals surface area (Å²) in [6.45, 7) is 4.49. The number of nitrogen functional groups attached to an aromatic ring is 1. The van der Waals surface area contributed by atoms with Gasteiger partial charge in [-0.1, -0.05) is 31.9 Å². The SMILES string of the molecule is Cc1cccc2nc(N)n(C3CCCCC3C)c12. The zero-order valence-electron chi connectivity index (χ0n) is 11.2. The molecule has 2 unspecified atom stereocenters. The Hall–Kier alpha value is -1.51. The van der Waals surface area contributed by atoms with Crippen molar-refractivity contribution >= 4 is 17.0 Å². The summed E-state index contributed by atoms with van der Waals surface area (Å²) in [4.78, 5) is 4.52. The minimum atomic E-state index is 0.518. The average Bonchev–Trinajstić information content (AvgIpc) is 2.68. The fraction of sp³-hybridized carbons (Fsp3) is 0.533. The first kappa shape index (κ1) is 11.6. The van der Waals surface area contributed by atoms with Crippen LogP contribution >= 0.6 is 0 Å². The molecule has 1 aromatic carbocycles. The number of rotatable bonds is 1. The second kappa shape index (κ2) is 4.30. The summed E-state index contributed by atoms with van der Waals surface area (Å²) < 4.78 is 2.29. The Morgan fingerprint density at radius 1 is 1.28 bits per heavy atom. The van der Waals surface area contributed by atoms with E-state index in [0.29, 0.717) is 17.9 Å². The number of nitrogens with two attached hydrogens (primary N) is 1. The van der Waals surface area contributed by atoms with Gasteiger partial charge in [-0.05, 0) is 37.3 Å². The van der Waals surface area contributed by atoms with Crippen LogP contribution in [0.1, 0.15) is 44.2 Å². The zero-order valence-corrected chi connectivity index (χ0v) is 11.2. The molecule has 1 aliphatic rings. The fourth-order valence-corrected chi connectivity index (χ4v) is 3.35. The Kier molecular flexibility index (Phi) is 2.77. The van der Waals surface area contributed by atoms with Gasteiger partial charge in [-0.2, -0.15) is 0 Å². The van der Waals surface area contributed by atoms with Crippen LogP contribution in [-0.2, 0) is 0 Å². The van der Waals surface area contributed by atoms with Crippen molar-refractivity contribution < 1.29 is 0 Å². The molecule has 96 valence electrons. The van der Waals surface area contributed by atoms with E-state index in [2.05, 4.69) is 41.6 Å². The van der Waals surface area contributed by atoms with E-state index >= 15 is 0 Å². The van der Waals surface area contributed by atoms with Crippen LogP contribution in [-0.4, -0.2) is 9.55 Å². The van der Waals surface area contributed by atoms with Gasteiger partial charge in [-0.3, -0.25) is 0 Å². The lowest BCUT2D eigenvalue weighted by Gasteiger charge is -2.31. The molecule has 0 radical (unpaired) electrons. The fourth-order valence-electron chi connectivity index (χ4n) is 3.35. The number of hydrogen-bond donors (Lipinski definition) is 1. The van der Waals surface area contributed by atoms with Gasteiger partial charge >= 0.3 is 0 Å². The molecule has 2 N–H and O–H groups in total. The molecule has 2 atom stereocenters. The van der Waals surface area contributed by atoms with Crippen molar-refractivity contribution in [3.05, 3.63) is 23.8 Å². The molecule has 3 rings (SSSR count). The normalized spacial score (nSPS) is 24.6. The number of fused-ring (bicyclic) bond motifs is 1. The summed E-state index contributed by atoms with van der Waals surface area (Å²) >= 11 is 0. The molecule has 18 heavy (non-hydrogen) atoms. The van der Waals surface area contributed by atoms with Crippen LogP contribution in [0.3, 0.4) is 0 Å². The average molecular weight is 243 g/mol. The summed E-state index contributed by atoms with van der Waals surface area (Å²) in [6, 6.07) is 6.78. The Labute approximate surface area is 108 Å². The third-order valence-corrected chi connectivity index (χ3v) is 4.34. The van der Waals surface area contributed by atoms with Gasteiger partial charge < -0.3 is 10.3 Å². The molecule has 1 heterocycles. The monoisotopic (exact) mass is 243 g/mol. The number of nitrogens with zero attached hydrogens (tertiary/aromatic N) is 2. The van der Waals surface area contributed by atoms with Gasteiger partial charge in [0.15, 0.2) is 0 Å². The number of para-hydroxylation sites is 1. The highest BCUT2D eigenvalue weighted by Crippen LogP contribution is 2.37. The van der Waals surface area contributed by atoms with E-state index in [1.807, 2.05) is 0 Å². The molecular weight excluding hydrogens is 222 g/mol. The van der Waals surface area contributed by atoms with E-state index in [-0.39, 0.29) is 0 Å². The van der Waals surface area contributed by atoms with E-state index in [9.17, 15) is 0 Å². The minimum absolute atomic E-state index is 0.518. The van der Waals surface area contributed by atoms with Crippen LogP contribution < -0.4 is 5.73 Å². The molecule has 3 nitrogen and oxygen atoms in total. The summed E-state index contributed by atoms with van der Waals surface area (Å²) in [5.41, 5.74) is 9.70. The van der Waals surface area contributed by atoms with Crippen molar-refractivity contribution in [1.82, 2.24) is 9.55 Å². The molecule has 2 aromatic rings. The summed E-state index contributed by atoms with van der Waals surface area (Å²) in [6.07, 6.45) is 5.18. The predicted molar refractivity (Wildman–Crippen MR) is 75.6 cm³/mol. The van der Waals surface area contributed by atoms with Crippen molar-refractivity contribution in [3.63, 3.8) is 0 Å². The van der Waals surface area contributed by atoms with E-state index in [1.54, 1.807) is 0 Å². The van der Waals surface area contributed by atoms with Gasteiger partial charge in [-0.15, -0.1) is 0 Å². The first-order valence-corrected chi connectivity index (χ1v) is 6.91. The second-order valence-corrected chi connectivity index (χ2v) is 5.61. The maximum atomic E-state index is 6.17. The van der Waals surface area contributed by atoms with E-state index in [4.69, 9.17) is 5.73 Å². The molecule has 1 aliphatic carbocycles. The smallest absolute Gasteiger partial charge is 0.201 e. The largest absolute Gasteiger partial charge is 0.369 e. The Morgan fingerprint density at radius 2 is 2.06 bits per heavy atom. The molecule has 0 bridgehead atoms. The number of aryl methyl sites for hydroxylation is 1. The molecule has 1 aromatic heterocycles. The van der Waals surface area contributed by atoms with Crippen molar-refractivity contribution in [2.45, 2.75) is 45.6 Å². The van der Waals surface area contributed by atoms with Crippen LogP contribution in [0.2, 0.25) is 0 Å². The molecule has 0 saturated heterocycles. The quantitative estimate of drug-likeness (QED) is 0.830. The third kappa shape index (κ3) is 1.69. The maximum Gasteiger partial charge on any atom is 0.201 e. The Morgan fingerprint density at radius 3 is 2.83 bits per heavy atom. The van der Waals surface area contributed by atoms with Crippen molar-refractivity contribution in [1.29, 1.82) is 0 Å². The van der Waals surface area contributed by atoms with E-state index < -0.39 is 0 Å². The number of imidazole rings is 1. The number of aromatic nitrogens is 2. The molecule has 1 fully saturated rings. The number of anilines is 1. The van der Waals surface area contributed by atoms with Gasteiger partial charge in [0.05, 0.1) is 11.0 Å². The van der Waals surface area contributed by atoms with Crippen LogP contribution in [0, 0.1) is 12.8 Å². The van der Waals surface area contributed by atoms with Crippen LogP contribution in [0.15, 0.2) is 18.2 Å². The second-order valence-electron chi connectivity index (χ2n) is 5.61. The Bertz CT molecular complexity index is 570. The lowest BCUT2D eigenvalue weighted by Crippen LogP contribution is -2.22. The lowest BCUT2D eigenvalue weighted by atomic mass is 9.85. The van der Waals surface area contributed by atoms with Crippen LogP contribution in [0.25, 0.3) is 11.0 Å². The highest BCUT2D eigenvalue weighted by Gasteiger charge is 2.26. The predicted octanol–water partition coefficient (Wildman–Crippen LogP) is 3.68. The van der Waals surface area contributed by atoms with Gasteiger partial charge in [0.25, 0.3) is 0 Å². The summed E-state index contributed by atoms with van der Waals surface area (Å²) in [5, 5.41) is 0. The highest BCUT2D eigenvalue weighted by molar-refractivity contribution is 5.81. The minimum Gasteiger partial charge on any atom is -0.369 e. The molecule has 0 aliphatic heterocycles. The van der Waals surface area contributed by atoms with Crippen molar-refractivity contribution in [2.24, 2.45) is 5.92 Å². The third-order valence-electron chi connectivity index (χ3n) is 4.34. The molecule has 0 amide bonds. The highest BCUT2D eigenvalue weighted by atomic mass is 15.2. The maximum absolute atomic E-state index is 6.17. The van der Waals surface area contributed by atoms with E-state index in [0.717, 1.165) is 5.52 Å². The van der Waals surface area contributed by atoms with Crippen LogP contribution in [0.5, 0.6) is 0 Å². The van der Waals surface area contributed by atoms with Gasteiger partial charge in [0.2, 0.25) is 5.95 Å². The zero-order chi connectivity index (χ0) is 12.7. The first-order valence-electron chi connectivity index (χ1n) is 6.91. The molecule has 1 saturated carbocycles. The van der Waals surface area contributed by atoms with Gasteiger partial charge in [0, 0.05) is 6.04 Å². The van der Waals surface area contributed by atoms with Crippen molar-refractivity contribution in [2.75, 3.05) is 5.73 Å². The standard InChI is InChI=1S/C15H21N3/c1-10-6-3-4-9-13(10)18-14-11(2)7-5-8-12(14)17-15(18)16/h5,7-8,10,13H,3-4,6,9H2,1-2H3,(H2,16,17). The summed E-state index contributed by atoms with van der Waals surface area (Å²) in [5.74, 6) is 1.37.